The Morgan fingerprint density at radius 3 is 2.94 bits per heavy atom. The van der Waals surface area contributed by atoms with Crippen LogP contribution in [0.5, 0.6) is 0 Å². The molecular weight excluding hydrogens is 341 g/mol. The van der Waals surface area contributed by atoms with E-state index in [0.717, 1.165) is 27.7 Å². The molecule has 0 spiro atoms. The summed E-state index contributed by atoms with van der Waals surface area (Å²) in [5, 5.41) is 14.6. The highest BCUT2D eigenvalue weighted by Gasteiger charge is 2.19. The van der Waals surface area contributed by atoms with Crippen molar-refractivity contribution >= 4 is 22.6 Å². The van der Waals surface area contributed by atoms with Crippen molar-refractivity contribution in [1.82, 2.24) is 14.8 Å². The van der Waals surface area contributed by atoms with Crippen LogP contribution in [0.15, 0.2) is 24.5 Å². The van der Waals surface area contributed by atoms with Gasteiger partial charge in [-0.3, -0.25) is 0 Å². The molecule has 0 aliphatic carbocycles. The molecule has 0 amide bonds. The molecular formula is C13H16IN3O. The first kappa shape index (κ1) is 13.5. The van der Waals surface area contributed by atoms with Gasteiger partial charge in [0.1, 0.15) is 12.4 Å². The zero-order valence-electron chi connectivity index (χ0n) is 10.5. The van der Waals surface area contributed by atoms with E-state index in [4.69, 9.17) is 0 Å². The third-order valence-corrected chi connectivity index (χ3v) is 4.32. The fourth-order valence-corrected chi connectivity index (χ4v) is 2.54. The predicted molar refractivity (Wildman–Crippen MR) is 78.3 cm³/mol. The Morgan fingerprint density at radius 2 is 2.22 bits per heavy atom. The number of aliphatic hydroxyl groups is 1. The van der Waals surface area contributed by atoms with Gasteiger partial charge in [-0.2, -0.15) is 5.10 Å². The van der Waals surface area contributed by atoms with Crippen molar-refractivity contribution in [2.24, 2.45) is 0 Å². The third kappa shape index (κ3) is 2.56. The highest BCUT2D eigenvalue weighted by molar-refractivity contribution is 14.1. The molecule has 4 nitrogen and oxygen atoms in total. The van der Waals surface area contributed by atoms with Crippen molar-refractivity contribution in [3.63, 3.8) is 0 Å². The summed E-state index contributed by atoms with van der Waals surface area (Å²) < 4.78 is 2.84. The highest BCUT2D eigenvalue weighted by Crippen LogP contribution is 2.26. The summed E-state index contributed by atoms with van der Waals surface area (Å²) in [5.74, 6) is 0.611. The molecule has 5 heteroatoms. The van der Waals surface area contributed by atoms with Gasteiger partial charge in [0, 0.05) is 15.7 Å². The molecule has 0 fully saturated rings. The van der Waals surface area contributed by atoms with E-state index in [-0.39, 0.29) is 0 Å². The first-order chi connectivity index (χ1) is 8.65. The SMILES string of the molecule is CCCn1ncnc1C(O)c1cccc(C)c1I. The van der Waals surface area contributed by atoms with Crippen molar-refractivity contribution < 1.29 is 5.11 Å². The number of aryl methyl sites for hydroxylation is 2. The monoisotopic (exact) mass is 357 g/mol. The van der Waals surface area contributed by atoms with Crippen molar-refractivity contribution in [3.05, 3.63) is 45.0 Å². The molecule has 0 aliphatic rings. The minimum absolute atomic E-state index is 0.611. The average molecular weight is 357 g/mol. The van der Waals surface area contributed by atoms with E-state index in [1.54, 1.807) is 4.68 Å². The van der Waals surface area contributed by atoms with Gasteiger partial charge in [0.25, 0.3) is 0 Å². The molecule has 1 atom stereocenters. The van der Waals surface area contributed by atoms with Crippen LogP contribution >= 0.6 is 22.6 Å². The number of benzene rings is 1. The minimum Gasteiger partial charge on any atom is -0.380 e. The van der Waals surface area contributed by atoms with E-state index in [9.17, 15) is 5.11 Å². The van der Waals surface area contributed by atoms with E-state index in [2.05, 4.69) is 39.6 Å². The van der Waals surface area contributed by atoms with E-state index in [0.29, 0.717) is 5.82 Å². The van der Waals surface area contributed by atoms with Crippen LogP contribution in [0.2, 0.25) is 0 Å². The van der Waals surface area contributed by atoms with Crippen LogP contribution in [0.1, 0.15) is 36.4 Å². The predicted octanol–water partition coefficient (Wildman–Crippen LogP) is 2.68. The molecule has 1 N–H and O–H groups in total. The number of halogens is 1. The van der Waals surface area contributed by atoms with Gasteiger partial charge in [0.15, 0.2) is 5.82 Å². The Balaban J connectivity index is 2.38. The van der Waals surface area contributed by atoms with Gasteiger partial charge in [-0.1, -0.05) is 25.1 Å². The van der Waals surface area contributed by atoms with Crippen molar-refractivity contribution in [2.45, 2.75) is 32.9 Å². The number of hydrogen-bond acceptors (Lipinski definition) is 3. The van der Waals surface area contributed by atoms with E-state index in [1.807, 2.05) is 25.1 Å². The fraction of sp³-hybridized carbons (Fsp3) is 0.385. The quantitative estimate of drug-likeness (QED) is 0.856. The summed E-state index contributed by atoms with van der Waals surface area (Å²) in [6.45, 7) is 4.89. The van der Waals surface area contributed by atoms with Gasteiger partial charge in [-0.05, 0) is 41.5 Å². The Hall–Kier alpha value is -0.950. The normalized spacial score (nSPS) is 12.7. The molecule has 0 bridgehead atoms. The van der Waals surface area contributed by atoms with Crippen LogP contribution < -0.4 is 0 Å². The molecule has 2 aromatic rings. The largest absolute Gasteiger partial charge is 0.380 e. The van der Waals surface area contributed by atoms with E-state index >= 15 is 0 Å². The first-order valence-electron chi connectivity index (χ1n) is 5.96. The first-order valence-corrected chi connectivity index (χ1v) is 7.03. The van der Waals surface area contributed by atoms with Crippen molar-refractivity contribution in [3.8, 4) is 0 Å². The van der Waals surface area contributed by atoms with Gasteiger partial charge in [0.05, 0.1) is 0 Å². The second-order valence-electron chi connectivity index (χ2n) is 4.22. The Kier molecular flexibility index (Phi) is 4.34. The van der Waals surface area contributed by atoms with Gasteiger partial charge in [-0.25, -0.2) is 9.67 Å². The standard InChI is InChI=1S/C13H16IN3O/c1-3-7-17-13(15-8-16-17)12(18)10-6-4-5-9(2)11(10)14/h4-6,8,12,18H,3,7H2,1-2H3. The average Bonchev–Trinajstić information content (AvgIpc) is 2.80. The number of hydrogen-bond donors (Lipinski definition) is 1. The summed E-state index contributed by atoms with van der Waals surface area (Å²) >= 11 is 2.26. The molecule has 96 valence electrons. The van der Waals surface area contributed by atoms with Gasteiger partial charge >= 0.3 is 0 Å². The molecule has 0 aliphatic heterocycles. The zero-order chi connectivity index (χ0) is 13.1. The summed E-state index contributed by atoms with van der Waals surface area (Å²) in [6, 6.07) is 5.93. The summed E-state index contributed by atoms with van der Waals surface area (Å²) in [6.07, 6.45) is 1.75. The molecule has 1 unspecified atom stereocenters. The maximum absolute atomic E-state index is 10.5. The second-order valence-corrected chi connectivity index (χ2v) is 5.30. The summed E-state index contributed by atoms with van der Waals surface area (Å²) in [7, 11) is 0. The lowest BCUT2D eigenvalue weighted by atomic mass is 10.1. The van der Waals surface area contributed by atoms with Crippen molar-refractivity contribution in [1.29, 1.82) is 0 Å². The lowest BCUT2D eigenvalue weighted by Gasteiger charge is -2.14. The van der Waals surface area contributed by atoms with Gasteiger partial charge in [0.2, 0.25) is 0 Å². The smallest absolute Gasteiger partial charge is 0.160 e. The number of aliphatic hydroxyl groups excluding tert-OH is 1. The maximum Gasteiger partial charge on any atom is 0.160 e. The second kappa shape index (κ2) is 5.79. The van der Waals surface area contributed by atoms with E-state index in [1.165, 1.54) is 6.33 Å². The molecule has 0 radical (unpaired) electrons. The van der Waals surface area contributed by atoms with Crippen LogP contribution in [0.25, 0.3) is 0 Å². The minimum atomic E-state index is -0.717. The van der Waals surface area contributed by atoms with Crippen molar-refractivity contribution in [2.75, 3.05) is 0 Å². The van der Waals surface area contributed by atoms with Crippen LogP contribution in [0.3, 0.4) is 0 Å². The highest BCUT2D eigenvalue weighted by atomic mass is 127. The number of nitrogens with zero attached hydrogens (tertiary/aromatic N) is 3. The molecule has 2 rings (SSSR count). The van der Waals surface area contributed by atoms with Crippen LogP contribution in [-0.2, 0) is 6.54 Å². The lowest BCUT2D eigenvalue weighted by Crippen LogP contribution is -2.12. The molecule has 1 aromatic carbocycles. The van der Waals surface area contributed by atoms with E-state index < -0.39 is 6.10 Å². The Morgan fingerprint density at radius 1 is 1.44 bits per heavy atom. The maximum atomic E-state index is 10.5. The Labute approximate surface area is 120 Å². The zero-order valence-corrected chi connectivity index (χ0v) is 12.6. The molecule has 18 heavy (non-hydrogen) atoms. The fourth-order valence-electron chi connectivity index (χ4n) is 1.89. The molecule has 1 aromatic heterocycles. The molecule has 0 saturated carbocycles. The van der Waals surface area contributed by atoms with Crippen LogP contribution in [-0.4, -0.2) is 19.9 Å². The topological polar surface area (TPSA) is 50.9 Å². The van der Waals surface area contributed by atoms with Crippen LogP contribution in [0, 0.1) is 10.5 Å². The number of aromatic nitrogens is 3. The number of rotatable bonds is 4. The Bertz CT molecular complexity index is 539. The summed E-state index contributed by atoms with van der Waals surface area (Å²) in [4.78, 5) is 4.18. The molecule has 1 heterocycles. The lowest BCUT2D eigenvalue weighted by molar-refractivity contribution is 0.201. The third-order valence-electron chi connectivity index (χ3n) is 2.84. The van der Waals surface area contributed by atoms with Crippen LogP contribution in [0.4, 0.5) is 0 Å². The van der Waals surface area contributed by atoms with Gasteiger partial charge in [-0.15, -0.1) is 0 Å². The van der Waals surface area contributed by atoms with Gasteiger partial charge < -0.3 is 5.11 Å². The summed E-state index contributed by atoms with van der Waals surface area (Å²) in [5.41, 5.74) is 2.05. The molecule has 0 saturated heterocycles.